The van der Waals surface area contributed by atoms with Crippen LogP contribution in [-0.2, 0) is 16.6 Å². The van der Waals surface area contributed by atoms with E-state index in [1.165, 1.54) is 17.5 Å². The van der Waals surface area contributed by atoms with Crippen molar-refractivity contribution in [3.8, 4) is 5.75 Å². The highest BCUT2D eigenvalue weighted by Gasteiger charge is 2.22. The van der Waals surface area contributed by atoms with Crippen LogP contribution in [0.5, 0.6) is 5.75 Å². The Balaban J connectivity index is 2.30. The first-order valence-corrected chi connectivity index (χ1v) is 9.42. The standard InChI is InChI=1S/C15H15Br2NO3S/c1-18(10-11-5-3-4-6-13(11)16)22(19,20)12-7-8-15(21-2)14(17)9-12/h3-9H,10H2,1-2H3. The van der Waals surface area contributed by atoms with Gasteiger partial charge >= 0.3 is 0 Å². The third kappa shape index (κ3) is 3.71. The molecule has 0 aliphatic carbocycles. The molecule has 0 saturated heterocycles. The van der Waals surface area contributed by atoms with Crippen LogP contribution in [-0.4, -0.2) is 26.9 Å². The molecule has 118 valence electrons. The largest absolute Gasteiger partial charge is 0.496 e. The first-order chi connectivity index (χ1) is 10.4. The number of hydrogen-bond acceptors (Lipinski definition) is 3. The molecule has 2 aromatic rings. The van der Waals surface area contributed by atoms with Gasteiger partial charge in [-0.05, 0) is 45.8 Å². The van der Waals surface area contributed by atoms with Gasteiger partial charge in [0.25, 0.3) is 0 Å². The van der Waals surface area contributed by atoms with E-state index in [1.807, 2.05) is 24.3 Å². The Kier molecular flexibility index (Phi) is 5.65. The van der Waals surface area contributed by atoms with Crippen molar-refractivity contribution in [2.24, 2.45) is 0 Å². The highest BCUT2D eigenvalue weighted by Crippen LogP contribution is 2.29. The van der Waals surface area contributed by atoms with Crippen molar-refractivity contribution in [1.82, 2.24) is 4.31 Å². The fourth-order valence-electron chi connectivity index (χ4n) is 1.94. The highest BCUT2D eigenvalue weighted by molar-refractivity contribution is 9.10. The van der Waals surface area contributed by atoms with Crippen LogP contribution >= 0.6 is 31.9 Å². The van der Waals surface area contributed by atoms with Gasteiger partial charge in [0.05, 0.1) is 16.5 Å². The van der Waals surface area contributed by atoms with Crippen molar-refractivity contribution in [2.75, 3.05) is 14.2 Å². The summed E-state index contributed by atoms with van der Waals surface area (Å²) < 4.78 is 33.2. The molecule has 0 aliphatic heterocycles. The minimum atomic E-state index is -3.57. The predicted molar refractivity (Wildman–Crippen MR) is 93.5 cm³/mol. The molecule has 22 heavy (non-hydrogen) atoms. The number of hydrogen-bond donors (Lipinski definition) is 0. The second-order valence-corrected chi connectivity index (χ2v) is 8.40. The van der Waals surface area contributed by atoms with Gasteiger partial charge < -0.3 is 4.74 Å². The van der Waals surface area contributed by atoms with E-state index in [-0.39, 0.29) is 11.4 Å². The van der Waals surface area contributed by atoms with Crippen molar-refractivity contribution in [3.63, 3.8) is 0 Å². The van der Waals surface area contributed by atoms with E-state index in [0.717, 1.165) is 10.0 Å². The van der Waals surface area contributed by atoms with Gasteiger partial charge in [0, 0.05) is 18.1 Å². The lowest BCUT2D eigenvalue weighted by atomic mass is 10.2. The van der Waals surface area contributed by atoms with Gasteiger partial charge in [-0.2, -0.15) is 4.31 Å². The average molecular weight is 449 g/mol. The molecule has 0 spiro atoms. The number of sulfonamides is 1. The summed E-state index contributed by atoms with van der Waals surface area (Å²) in [4.78, 5) is 0.217. The van der Waals surface area contributed by atoms with E-state index in [9.17, 15) is 8.42 Å². The Morgan fingerprint density at radius 2 is 1.77 bits per heavy atom. The second-order valence-electron chi connectivity index (χ2n) is 4.65. The summed E-state index contributed by atoms with van der Waals surface area (Å²) in [5.41, 5.74) is 0.904. The van der Waals surface area contributed by atoms with Crippen LogP contribution in [0.1, 0.15) is 5.56 Å². The Hall–Kier alpha value is -0.890. The minimum absolute atomic E-state index is 0.217. The molecule has 0 aliphatic rings. The van der Waals surface area contributed by atoms with Gasteiger partial charge in [-0.3, -0.25) is 0 Å². The third-order valence-corrected chi connectivity index (χ3v) is 6.37. The van der Waals surface area contributed by atoms with Crippen molar-refractivity contribution in [3.05, 3.63) is 57.0 Å². The number of rotatable bonds is 5. The molecule has 0 N–H and O–H groups in total. The summed E-state index contributed by atoms with van der Waals surface area (Å²) in [5.74, 6) is 0.590. The van der Waals surface area contributed by atoms with Gasteiger partial charge in [-0.25, -0.2) is 8.42 Å². The molecule has 4 nitrogen and oxygen atoms in total. The van der Waals surface area contributed by atoms with Crippen LogP contribution in [0, 0.1) is 0 Å². The topological polar surface area (TPSA) is 46.6 Å². The predicted octanol–water partition coefficient (Wildman–Crippen LogP) is 4.04. The Morgan fingerprint density at radius 1 is 1.09 bits per heavy atom. The maximum atomic E-state index is 12.6. The molecule has 0 fully saturated rings. The fourth-order valence-corrected chi connectivity index (χ4v) is 4.22. The molecule has 0 unspecified atom stereocenters. The van der Waals surface area contributed by atoms with Crippen LogP contribution in [0.3, 0.4) is 0 Å². The zero-order valence-corrected chi connectivity index (χ0v) is 16.1. The van der Waals surface area contributed by atoms with Crippen molar-refractivity contribution in [1.29, 1.82) is 0 Å². The lowest BCUT2D eigenvalue weighted by molar-refractivity contribution is 0.411. The average Bonchev–Trinajstić information content (AvgIpc) is 2.49. The van der Waals surface area contributed by atoms with Crippen LogP contribution in [0.25, 0.3) is 0 Å². The summed E-state index contributed by atoms with van der Waals surface area (Å²) in [5, 5.41) is 0. The zero-order valence-electron chi connectivity index (χ0n) is 12.1. The van der Waals surface area contributed by atoms with Crippen LogP contribution < -0.4 is 4.74 Å². The SMILES string of the molecule is COc1ccc(S(=O)(=O)N(C)Cc2ccccc2Br)cc1Br. The summed E-state index contributed by atoms with van der Waals surface area (Å²) in [6.07, 6.45) is 0. The maximum absolute atomic E-state index is 12.6. The van der Waals surface area contributed by atoms with Gasteiger partial charge in [-0.1, -0.05) is 34.1 Å². The van der Waals surface area contributed by atoms with Gasteiger partial charge in [-0.15, -0.1) is 0 Å². The molecule has 2 aromatic carbocycles. The van der Waals surface area contributed by atoms with Gasteiger partial charge in [0.1, 0.15) is 5.75 Å². The van der Waals surface area contributed by atoms with Crippen molar-refractivity contribution < 1.29 is 13.2 Å². The lowest BCUT2D eigenvalue weighted by Gasteiger charge is -2.18. The van der Waals surface area contributed by atoms with Crippen molar-refractivity contribution >= 4 is 41.9 Å². The van der Waals surface area contributed by atoms with Gasteiger partial charge in [0.2, 0.25) is 10.0 Å². The quantitative estimate of drug-likeness (QED) is 0.693. The summed E-state index contributed by atoms with van der Waals surface area (Å²) >= 11 is 6.74. The second kappa shape index (κ2) is 7.12. The van der Waals surface area contributed by atoms with E-state index in [2.05, 4.69) is 31.9 Å². The van der Waals surface area contributed by atoms with Crippen LogP contribution in [0.4, 0.5) is 0 Å². The number of ether oxygens (including phenoxy) is 1. The molecule has 2 rings (SSSR count). The Labute approximate surface area is 147 Å². The Morgan fingerprint density at radius 3 is 2.36 bits per heavy atom. The van der Waals surface area contributed by atoms with E-state index in [4.69, 9.17) is 4.74 Å². The Bertz CT molecular complexity index is 778. The number of methoxy groups -OCH3 is 1. The number of benzene rings is 2. The van der Waals surface area contributed by atoms with Gasteiger partial charge in [0.15, 0.2) is 0 Å². The smallest absolute Gasteiger partial charge is 0.243 e. The number of halogens is 2. The fraction of sp³-hybridized carbons (Fsp3) is 0.200. The first kappa shape index (κ1) is 17.5. The molecule has 0 radical (unpaired) electrons. The third-order valence-electron chi connectivity index (χ3n) is 3.18. The van der Waals surface area contributed by atoms with E-state index >= 15 is 0 Å². The molecule has 0 amide bonds. The molecule has 0 saturated carbocycles. The monoisotopic (exact) mass is 447 g/mol. The molecule has 0 bridgehead atoms. The van der Waals surface area contributed by atoms with E-state index in [1.54, 1.807) is 19.2 Å². The summed E-state index contributed by atoms with van der Waals surface area (Å²) in [7, 11) is -0.477. The molecule has 0 aromatic heterocycles. The molecule has 7 heteroatoms. The first-order valence-electron chi connectivity index (χ1n) is 6.39. The molecule has 0 atom stereocenters. The normalized spacial score (nSPS) is 11.7. The van der Waals surface area contributed by atoms with E-state index in [0.29, 0.717) is 10.2 Å². The highest BCUT2D eigenvalue weighted by atomic mass is 79.9. The number of nitrogens with zero attached hydrogens (tertiary/aromatic N) is 1. The minimum Gasteiger partial charge on any atom is -0.496 e. The van der Waals surface area contributed by atoms with Crippen molar-refractivity contribution in [2.45, 2.75) is 11.4 Å². The summed E-state index contributed by atoms with van der Waals surface area (Å²) in [6.45, 7) is 0.285. The molecule has 0 heterocycles. The zero-order chi connectivity index (χ0) is 16.3. The summed E-state index contributed by atoms with van der Waals surface area (Å²) in [6, 6.07) is 12.3. The molecular formula is C15H15Br2NO3S. The van der Waals surface area contributed by atoms with E-state index < -0.39 is 10.0 Å². The maximum Gasteiger partial charge on any atom is 0.243 e. The van der Waals surface area contributed by atoms with Crippen LogP contribution in [0.15, 0.2) is 56.3 Å². The molecular weight excluding hydrogens is 434 g/mol. The van der Waals surface area contributed by atoms with Crippen LogP contribution in [0.2, 0.25) is 0 Å². The lowest BCUT2D eigenvalue weighted by Crippen LogP contribution is -2.26.